The molecule has 150 heavy (non-hydrogen) atoms. The van der Waals surface area contributed by atoms with Crippen LogP contribution in [0.15, 0.2) is 97.1 Å². The van der Waals surface area contributed by atoms with Gasteiger partial charge in [-0.1, -0.05) is 45.0 Å². The minimum atomic E-state index is -2.10. The quantitative estimate of drug-likeness (QED) is 0.0329. The molecule has 792 valence electrons. The van der Waals surface area contributed by atoms with Crippen molar-refractivity contribution >= 4 is 231 Å². The maximum absolute atomic E-state index is 14.2. The van der Waals surface area contributed by atoms with E-state index in [9.17, 15) is 25.0 Å². The van der Waals surface area contributed by atoms with Gasteiger partial charge in [0, 0.05) is 207 Å². The van der Waals surface area contributed by atoms with Crippen molar-refractivity contribution in [2.24, 2.45) is 0 Å². The van der Waals surface area contributed by atoms with Crippen LogP contribution in [0.3, 0.4) is 0 Å². The third-order valence-corrected chi connectivity index (χ3v) is 48.0. The van der Waals surface area contributed by atoms with E-state index < -0.39 is 20.3 Å². The number of aryl methyl sites for hydroxylation is 11. The van der Waals surface area contributed by atoms with Crippen LogP contribution in [-0.2, 0) is 158 Å². The molecule has 8 aromatic heterocycles. The zero-order valence-electron chi connectivity index (χ0n) is 90.9. The number of aliphatic hydroxyl groups excluding tert-OH is 2. The van der Waals surface area contributed by atoms with E-state index in [4.69, 9.17) is 81.7 Å². The number of hydrogen-bond donors (Lipinski definition) is 2. The maximum atomic E-state index is 14.2. The second kappa shape index (κ2) is 51.7. The monoisotopic (exact) mass is 2280 g/mol. The van der Waals surface area contributed by atoms with Gasteiger partial charge in [-0.05, 0) is 327 Å². The largest absolute Gasteiger partial charge is 0.618 e. The Kier molecular flexibility index (Phi) is 41.2. The minimum Gasteiger partial charge on any atom is -0.618 e. The molecule has 38 heteroatoms. The van der Waals surface area contributed by atoms with E-state index in [1.165, 1.54) is 67.5 Å². The summed E-state index contributed by atoms with van der Waals surface area (Å²) in [6.07, 6.45) is 0. The minimum absolute atomic E-state index is 0.0256. The number of pyridine rings is 8. The first kappa shape index (κ1) is 119. The number of esters is 2. The van der Waals surface area contributed by atoms with Crippen LogP contribution in [0.4, 0.5) is 0 Å². The molecule has 0 spiro atoms. The van der Waals surface area contributed by atoms with Crippen LogP contribution in [0.25, 0.3) is 132 Å². The lowest BCUT2D eigenvalue weighted by atomic mass is 9.96. The van der Waals surface area contributed by atoms with Gasteiger partial charge < -0.3 is 67.2 Å². The predicted molar refractivity (Wildman–Crippen MR) is 646 cm³/mol. The highest BCUT2D eigenvalue weighted by atomic mass is 33.4. The molecule has 8 aromatic carbocycles. The number of aromatic nitrogens is 8. The molecule has 0 aliphatic heterocycles. The molecule has 0 amide bonds. The SMILES string of the molecule is COC(=O)c1cc2c(OC)c(C)c(C)cc2c(-c2cc3cc(C)c(C)c(OC)c3c(C)n2)n1.COC(=O)c1cc2c(OC)c(C)c(C)cc2c(-c2cc3cc(C)c(C)c(OC)c3c(CO)n2)n1.COc1c(C)c(C)cc2c(-c3cc4cc(C)c(C)c(OC)c4c(C)n3)[n+]([O-])c(CO[Si](C)(C)C(C)(C)C)cc12.COc1c(C)c(C)cc2c(-c3cc4cc(C)c(C)c(OC)c4c(C)n3)nc(CO)cc12.S=S=S=S=S=S.S=S=S=S=S=S=S. The van der Waals surface area contributed by atoms with Gasteiger partial charge in [0.15, 0.2) is 8.32 Å². The second-order valence-electron chi connectivity index (χ2n) is 37.6. The fourth-order valence-electron chi connectivity index (χ4n) is 18.3. The van der Waals surface area contributed by atoms with Crippen LogP contribution < -0.4 is 42.6 Å². The van der Waals surface area contributed by atoms with Gasteiger partial charge in [-0.25, -0.2) is 34.5 Å². The fraction of sp³-hybridized carbons (Fsp3) is 0.339. The molecule has 0 aliphatic carbocycles. The summed E-state index contributed by atoms with van der Waals surface area (Å²) in [6, 6.07) is 32.0. The van der Waals surface area contributed by atoms with Gasteiger partial charge >= 0.3 is 11.9 Å². The maximum Gasteiger partial charge on any atom is 0.356 e. The number of methoxy groups -OCH3 is 10. The average Bonchev–Trinajstić information content (AvgIpc) is 0.741. The van der Waals surface area contributed by atoms with Gasteiger partial charge in [-0.15, -0.1) is 0 Å². The number of benzene rings is 8. The van der Waals surface area contributed by atoms with Crippen LogP contribution >= 0.6 is 0 Å². The van der Waals surface area contributed by atoms with Gasteiger partial charge in [0.25, 0.3) is 5.69 Å². The first-order chi connectivity index (χ1) is 71.2. The highest BCUT2D eigenvalue weighted by molar-refractivity contribution is 8.68. The van der Waals surface area contributed by atoms with Crippen LogP contribution in [0, 0.1) is 137 Å². The number of aliphatic hydroxyl groups is 2. The zero-order chi connectivity index (χ0) is 111. The molecule has 0 fully saturated rings. The smallest absolute Gasteiger partial charge is 0.356 e. The van der Waals surface area contributed by atoms with E-state index >= 15 is 0 Å². The summed E-state index contributed by atoms with van der Waals surface area (Å²) in [6.45, 7) is 49.3. The highest BCUT2D eigenvalue weighted by Gasteiger charge is 2.39. The molecule has 24 nitrogen and oxygen atoms in total. The Labute approximate surface area is 923 Å². The topological polar surface area (TPSA) is 293 Å². The van der Waals surface area contributed by atoms with Crippen LogP contribution in [0.2, 0.25) is 18.1 Å². The number of nitrogens with zero attached hydrogens (tertiary/aromatic N) is 8. The molecule has 2 N–H and O–H groups in total. The number of ether oxygens (including phenoxy) is 10. The van der Waals surface area contributed by atoms with Gasteiger partial charge in [-0.3, -0.25) is 9.97 Å². The Hall–Kier alpha value is -10.9. The lowest BCUT2D eigenvalue weighted by Crippen LogP contribution is -2.43. The predicted octanol–water partition coefficient (Wildman–Crippen LogP) is 24.0. The first-order valence-corrected chi connectivity index (χ1v) is 64.9. The van der Waals surface area contributed by atoms with Crippen molar-refractivity contribution in [3.63, 3.8) is 0 Å². The molecule has 0 unspecified atom stereocenters. The number of rotatable bonds is 19. The summed E-state index contributed by atoms with van der Waals surface area (Å²) in [5.41, 5.74) is 26.6. The Morgan fingerprint density at radius 2 is 0.613 bits per heavy atom. The number of carbonyl (C=O) groups is 2. The molecule has 8 heterocycles. The van der Waals surface area contributed by atoms with Crippen LogP contribution in [0.5, 0.6) is 46.0 Å². The average molecular weight is 2290 g/mol. The Morgan fingerprint density at radius 3 is 0.933 bits per heavy atom. The summed E-state index contributed by atoms with van der Waals surface area (Å²) in [4.78, 5) is 58.6. The Bertz CT molecular complexity index is 8550. The van der Waals surface area contributed by atoms with Gasteiger partial charge in [0.2, 0.25) is 5.69 Å². The molecule has 0 saturated carbocycles. The molecule has 0 radical (unpaired) electrons. The number of hydrogen-bond acceptors (Lipinski definition) is 27. The third-order valence-electron chi connectivity index (χ3n) is 27.9. The molecular weight excluding hydrogens is 2160 g/mol. The summed E-state index contributed by atoms with van der Waals surface area (Å²) in [5, 5.41) is 48.7. The van der Waals surface area contributed by atoms with E-state index in [-0.39, 0.29) is 36.2 Å². The lowest BCUT2D eigenvalue weighted by Gasteiger charge is -2.35. The third kappa shape index (κ3) is 25.0. The highest BCUT2D eigenvalue weighted by Crippen LogP contribution is 2.48. The van der Waals surface area contributed by atoms with Crippen molar-refractivity contribution in [2.75, 3.05) is 71.1 Å². The summed E-state index contributed by atoms with van der Waals surface area (Å²) in [5.74, 6) is 5.09. The molecule has 0 aliphatic rings. The Balaban J connectivity index is 0.000000182. The standard InChI is InChI=1S/C32H42N2O4Si.C27H28N2O5.C27H28N2O4.C26H28N2O3.S7.S6/c1-18-13-23-15-27(33-22(5)28(23)31(37-10)21(18)4)29-25-14-19(2)20(3)30(36-9)26(25)16-24(34(29)35)17-38-39(11,12)32(6,7)8;1-13-8-17-10-20(28-22(12-30)23(17)26(33-6)16(13)4)24-18-9-14(2)15(3)25(32-5)19(18)11-21(29-24)27(31)34-7;1-13-9-18-11-21(28-17(5)23(18)26(32-7)16(13)4)24-19-10-14(2)15(3)25(31-6)20(19)12-22(29-24)27(30)33-8;1-13-8-18-10-22(27-17(5)23(18)26(31-7)16(13)4)24-20-9-14(2)15(3)25(30-6)21(20)11-19(12-29)28-24;1-3-5-7-6-4-2;1-3-5-6-4-2/h13-16H,17H2,1-12H3;8-11,30H,12H2,1-7H3;9-12H,1-8H3;8-11,29H,12H2,1-7H3;;. The van der Waals surface area contributed by atoms with Gasteiger partial charge in [-0.2, -0.15) is 4.73 Å². The van der Waals surface area contributed by atoms with Crippen molar-refractivity contribution in [2.45, 2.75) is 190 Å². The van der Waals surface area contributed by atoms with E-state index in [0.29, 0.717) is 68.5 Å². The molecule has 0 saturated heterocycles. The van der Waals surface area contributed by atoms with E-state index in [1.54, 1.807) is 95.7 Å². The molecule has 0 bridgehead atoms. The van der Waals surface area contributed by atoms with Crippen molar-refractivity contribution in [3.8, 4) is 91.5 Å². The zero-order valence-corrected chi connectivity index (χ0v) is 102. The van der Waals surface area contributed by atoms with Crippen molar-refractivity contribution in [1.29, 1.82) is 0 Å². The van der Waals surface area contributed by atoms with Gasteiger partial charge in [0.1, 0.15) is 69.7 Å². The summed E-state index contributed by atoms with van der Waals surface area (Å²) < 4.78 is 63.5. The lowest BCUT2D eigenvalue weighted by molar-refractivity contribution is -0.603. The van der Waals surface area contributed by atoms with E-state index in [2.05, 4.69) is 168 Å². The van der Waals surface area contributed by atoms with Crippen molar-refractivity contribution in [1.82, 2.24) is 34.9 Å². The van der Waals surface area contributed by atoms with Crippen molar-refractivity contribution in [3.05, 3.63) is 237 Å². The summed E-state index contributed by atoms with van der Waals surface area (Å²) in [7, 11) is 26.9. The first-order valence-electron chi connectivity index (χ1n) is 47.3. The van der Waals surface area contributed by atoms with Crippen LogP contribution in [0.1, 0.15) is 165 Å². The van der Waals surface area contributed by atoms with E-state index in [1.807, 2.05) is 132 Å². The van der Waals surface area contributed by atoms with E-state index in [0.717, 1.165) is 237 Å². The molecule has 16 aromatic rings. The molecular formula is C112H126N8O16S13Si. The molecule has 0 atom stereocenters. The Morgan fingerprint density at radius 1 is 0.333 bits per heavy atom. The second-order valence-corrected chi connectivity index (χ2v) is 58.3. The fourth-order valence-corrected chi connectivity index (χ4v) is 33.0. The van der Waals surface area contributed by atoms with Crippen LogP contribution in [-0.4, -0.2) is 136 Å². The number of fused-ring (bicyclic) bond motifs is 8. The number of carbonyl (C=O) groups excluding carboxylic acids is 2. The summed E-state index contributed by atoms with van der Waals surface area (Å²) >= 11 is 18.2. The van der Waals surface area contributed by atoms with Crippen molar-refractivity contribution < 1.29 is 76.3 Å². The van der Waals surface area contributed by atoms with Gasteiger partial charge in [0.05, 0.1) is 135 Å². The normalized spacial score (nSPS) is 11.1. The molecule has 16 rings (SSSR count).